The summed E-state index contributed by atoms with van der Waals surface area (Å²) < 4.78 is 30.3. The summed E-state index contributed by atoms with van der Waals surface area (Å²) in [4.78, 5) is 8.51. The maximum absolute atomic E-state index is 14.7. The van der Waals surface area contributed by atoms with Crippen LogP contribution >= 0.6 is 0 Å². The molecule has 158 valence electrons. The van der Waals surface area contributed by atoms with Crippen molar-refractivity contribution < 1.29 is 8.78 Å². The zero-order valence-electron chi connectivity index (χ0n) is 16.9. The molecule has 1 aromatic carbocycles. The van der Waals surface area contributed by atoms with Crippen LogP contribution in [0.3, 0.4) is 0 Å². The van der Waals surface area contributed by atoms with Crippen molar-refractivity contribution in [2.24, 2.45) is 0 Å². The summed E-state index contributed by atoms with van der Waals surface area (Å²) in [6, 6.07) is 5.80. The van der Waals surface area contributed by atoms with Crippen molar-refractivity contribution in [3.8, 4) is 11.4 Å². The van der Waals surface area contributed by atoms with Crippen LogP contribution in [0.2, 0.25) is 0 Å². The van der Waals surface area contributed by atoms with Gasteiger partial charge in [0.25, 0.3) is 0 Å². The number of anilines is 1. The summed E-state index contributed by atoms with van der Waals surface area (Å²) in [5, 5.41) is 17.2. The summed E-state index contributed by atoms with van der Waals surface area (Å²) in [5.74, 6) is 0.290. The molecule has 0 spiro atoms. The molecule has 2 aliphatic rings. The molecule has 0 unspecified atom stereocenters. The average molecular weight is 422 g/mol. The van der Waals surface area contributed by atoms with E-state index in [9.17, 15) is 8.78 Å². The molecule has 1 saturated heterocycles. The van der Waals surface area contributed by atoms with Crippen LogP contribution in [-0.4, -0.2) is 41.4 Å². The summed E-state index contributed by atoms with van der Waals surface area (Å²) in [7, 11) is 0. The predicted octanol–water partition coefficient (Wildman–Crippen LogP) is 3.51. The number of fused-ring (bicyclic) bond motifs is 1. The van der Waals surface area contributed by atoms with Gasteiger partial charge in [-0.25, -0.2) is 18.3 Å². The maximum atomic E-state index is 14.7. The molecule has 1 aliphatic heterocycles. The smallest absolute Gasteiger partial charge is 0.210 e. The van der Waals surface area contributed by atoms with Crippen LogP contribution in [0.1, 0.15) is 44.2 Å². The van der Waals surface area contributed by atoms with Crippen molar-refractivity contribution >= 4 is 11.5 Å². The largest absolute Gasteiger partial charge is 0.347 e. The molecule has 2 fully saturated rings. The Morgan fingerprint density at radius 3 is 2.87 bits per heavy atom. The van der Waals surface area contributed by atoms with E-state index in [0.717, 1.165) is 25.3 Å². The monoisotopic (exact) mass is 422 g/mol. The van der Waals surface area contributed by atoms with Crippen molar-refractivity contribution in [3.05, 3.63) is 53.9 Å². The number of aromatic nitrogens is 7. The Morgan fingerprint density at radius 1 is 1.16 bits per heavy atom. The number of halogens is 2. The Labute approximate surface area is 176 Å². The van der Waals surface area contributed by atoms with E-state index in [0.29, 0.717) is 47.4 Å². The molecule has 1 aliphatic carbocycles. The van der Waals surface area contributed by atoms with Gasteiger partial charge in [0, 0.05) is 18.3 Å². The van der Waals surface area contributed by atoms with E-state index in [1.165, 1.54) is 12.1 Å². The van der Waals surface area contributed by atoms with Gasteiger partial charge in [-0.3, -0.25) is 0 Å². The van der Waals surface area contributed by atoms with Crippen molar-refractivity contribution in [2.45, 2.75) is 44.2 Å². The molecule has 4 aromatic rings. The molecule has 1 saturated carbocycles. The van der Waals surface area contributed by atoms with Crippen LogP contribution in [-0.2, 0) is 5.54 Å². The molecule has 1 atom stereocenters. The minimum Gasteiger partial charge on any atom is -0.347 e. The SMILES string of the molecule is C[C@]1(c2cc(F)ccc2F)CCCN1c1ccn2ncc(-c3nnn(C4CC4)n3)c2n1. The second-order valence-electron chi connectivity index (χ2n) is 8.43. The van der Waals surface area contributed by atoms with Crippen LogP contribution < -0.4 is 4.90 Å². The number of benzene rings is 1. The number of nitrogens with zero attached hydrogens (tertiary/aromatic N) is 8. The van der Waals surface area contributed by atoms with Gasteiger partial charge in [-0.05, 0) is 62.1 Å². The zero-order chi connectivity index (χ0) is 21.2. The minimum absolute atomic E-state index is 0.332. The highest BCUT2D eigenvalue weighted by Gasteiger charge is 2.41. The van der Waals surface area contributed by atoms with Crippen molar-refractivity contribution in [3.63, 3.8) is 0 Å². The fraction of sp³-hybridized carbons (Fsp3) is 0.381. The Bertz CT molecular complexity index is 1290. The van der Waals surface area contributed by atoms with Crippen LogP contribution in [0.15, 0.2) is 36.7 Å². The Hall–Kier alpha value is -3.43. The first-order chi connectivity index (χ1) is 15.0. The number of hydrogen-bond acceptors (Lipinski definition) is 6. The van der Waals surface area contributed by atoms with Gasteiger partial charge in [0.2, 0.25) is 5.82 Å². The molecule has 6 rings (SSSR count). The number of hydrogen-bond donors (Lipinski definition) is 0. The van der Waals surface area contributed by atoms with Gasteiger partial charge in [-0.2, -0.15) is 9.90 Å². The molecule has 0 bridgehead atoms. The van der Waals surface area contributed by atoms with Crippen LogP contribution in [0.25, 0.3) is 17.0 Å². The molecule has 4 heterocycles. The highest BCUT2D eigenvalue weighted by atomic mass is 19.1. The minimum atomic E-state index is -0.703. The van der Waals surface area contributed by atoms with E-state index in [2.05, 4.69) is 20.5 Å². The van der Waals surface area contributed by atoms with Crippen molar-refractivity contribution in [1.29, 1.82) is 0 Å². The fourth-order valence-electron chi connectivity index (χ4n) is 4.48. The third kappa shape index (κ3) is 2.88. The van der Waals surface area contributed by atoms with Crippen LogP contribution in [0, 0.1) is 11.6 Å². The lowest BCUT2D eigenvalue weighted by Crippen LogP contribution is -2.40. The Balaban J connectivity index is 1.43. The molecular formula is C21H20F2N8. The second kappa shape index (κ2) is 6.53. The molecule has 0 radical (unpaired) electrons. The molecular weight excluding hydrogens is 402 g/mol. The highest BCUT2D eigenvalue weighted by molar-refractivity contribution is 5.73. The second-order valence-corrected chi connectivity index (χ2v) is 8.43. The molecule has 31 heavy (non-hydrogen) atoms. The lowest BCUT2D eigenvalue weighted by Gasteiger charge is -2.37. The molecule has 3 aromatic heterocycles. The maximum Gasteiger partial charge on any atom is 0.210 e. The molecule has 0 N–H and O–H groups in total. The van der Waals surface area contributed by atoms with E-state index in [1.54, 1.807) is 15.5 Å². The average Bonchev–Trinajstić information content (AvgIpc) is 3.17. The van der Waals surface area contributed by atoms with E-state index >= 15 is 0 Å². The lowest BCUT2D eigenvalue weighted by molar-refractivity contribution is 0.451. The van der Waals surface area contributed by atoms with E-state index in [4.69, 9.17) is 4.98 Å². The van der Waals surface area contributed by atoms with Gasteiger partial charge in [0.15, 0.2) is 5.65 Å². The number of tetrazole rings is 1. The Kier molecular flexibility index (Phi) is 3.87. The highest BCUT2D eigenvalue weighted by Crippen LogP contribution is 2.42. The predicted molar refractivity (Wildman–Crippen MR) is 108 cm³/mol. The number of rotatable bonds is 4. The van der Waals surface area contributed by atoms with E-state index < -0.39 is 17.2 Å². The zero-order valence-corrected chi connectivity index (χ0v) is 16.9. The van der Waals surface area contributed by atoms with Gasteiger partial charge in [-0.1, -0.05) is 0 Å². The Morgan fingerprint density at radius 2 is 2.03 bits per heavy atom. The van der Waals surface area contributed by atoms with Gasteiger partial charge < -0.3 is 4.90 Å². The summed E-state index contributed by atoms with van der Waals surface area (Å²) in [5.41, 5.74) is 0.924. The standard InChI is InChI=1S/C21H20F2N8/c1-21(16-11-13(22)3-6-17(16)23)8-2-9-29(21)18-7-10-30-20(25-18)15(12-24-30)19-26-28-31(27-19)14-4-5-14/h3,6-7,10-12,14H,2,4-5,8-9H2,1H3/t21-/m1/s1. The van der Waals surface area contributed by atoms with Crippen LogP contribution in [0.5, 0.6) is 0 Å². The molecule has 8 nitrogen and oxygen atoms in total. The van der Waals surface area contributed by atoms with Crippen molar-refractivity contribution in [2.75, 3.05) is 11.4 Å². The first-order valence-corrected chi connectivity index (χ1v) is 10.4. The first kappa shape index (κ1) is 18.3. The molecule has 0 amide bonds. The van der Waals surface area contributed by atoms with Gasteiger partial charge >= 0.3 is 0 Å². The quantitative estimate of drug-likeness (QED) is 0.501. The summed E-state index contributed by atoms with van der Waals surface area (Å²) >= 11 is 0. The third-order valence-electron chi connectivity index (χ3n) is 6.32. The topological polar surface area (TPSA) is 77.0 Å². The van der Waals surface area contributed by atoms with Crippen molar-refractivity contribution in [1.82, 2.24) is 34.8 Å². The van der Waals surface area contributed by atoms with E-state index in [-0.39, 0.29) is 0 Å². The summed E-state index contributed by atoms with van der Waals surface area (Å²) in [6.07, 6.45) is 7.17. The van der Waals surface area contributed by atoms with Gasteiger partial charge in [0.1, 0.15) is 17.5 Å². The molecule has 10 heteroatoms. The van der Waals surface area contributed by atoms with Gasteiger partial charge in [0.05, 0.1) is 23.3 Å². The third-order valence-corrected chi connectivity index (χ3v) is 6.32. The van der Waals surface area contributed by atoms with Crippen LogP contribution in [0.4, 0.5) is 14.6 Å². The fourth-order valence-corrected chi connectivity index (χ4v) is 4.48. The summed E-state index contributed by atoms with van der Waals surface area (Å²) in [6.45, 7) is 2.62. The lowest BCUT2D eigenvalue weighted by atomic mass is 9.88. The van der Waals surface area contributed by atoms with Gasteiger partial charge in [-0.15, -0.1) is 10.2 Å². The normalized spacial score (nSPS) is 21.3. The first-order valence-electron chi connectivity index (χ1n) is 10.4. The van der Waals surface area contributed by atoms with E-state index in [1.807, 2.05) is 24.1 Å².